The molecule has 2 amide bonds. The monoisotopic (exact) mass is 552 g/mol. The summed E-state index contributed by atoms with van der Waals surface area (Å²) in [5, 5.41) is 0. The first-order valence-electron chi connectivity index (χ1n) is 14.0. The van der Waals surface area contributed by atoms with Gasteiger partial charge in [-0.3, -0.25) is 14.7 Å². The average molecular weight is 553 g/mol. The van der Waals surface area contributed by atoms with Crippen LogP contribution in [0.3, 0.4) is 0 Å². The molecule has 1 aliphatic heterocycles. The molecular weight excluding hydrogens is 512 g/mol. The van der Waals surface area contributed by atoms with Gasteiger partial charge in [0.2, 0.25) is 0 Å². The van der Waals surface area contributed by atoms with Crippen molar-refractivity contribution < 1.29 is 18.0 Å². The SMILES string of the molecule is CN(C)C1(c2ccccc2)CCC2(CC1)CN(CC(=O)Cc1ccc(S(C)(=O)=O)cn1)C(=O)N2CC1CCC1. The van der Waals surface area contributed by atoms with E-state index < -0.39 is 9.84 Å². The number of nitrogens with zero attached hydrogens (tertiary/aromatic N) is 4. The molecule has 8 nitrogen and oxygen atoms in total. The minimum absolute atomic E-state index is 0.0207. The molecule has 2 heterocycles. The zero-order chi connectivity index (χ0) is 27.8. The van der Waals surface area contributed by atoms with Crippen LogP contribution in [0.2, 0.25) is 0 Å². The molecule has 1 aromatic heterocycles. The highest BCUT2D eigenvalue weighted by atomic mass is 32.2. The third kappa shape index (κ3) is 5.48. The van der Waals surface area contributed by atoms with Crippen molar-refractivity contribution in [3.8, 4) is 0 Å². The quantitative estimate of drug-likeness (QED) is 0.469. The van der Waals surface area contributed by atoms with Gasteiger partial charge in [-0.2, -0.15) is 0 Å². The molecule has 0 atom stereocenters. The van der Waals surface area contributed by atoms with Gasteiger partial charge in [-0.1, -0.05) is 36.8 Å². The van der Waals surface area contributed by atoms with Crippen molar-refractivity contribution in [1.82, 2.24) is 19.7 Å². The van der Waals surface area contributed by atoms with E-state index >= 15 is 0 Å². The Morgan fingerprint density at radius 3 is 2.28 bits per heavy atom. The van der Waals surface area contributed by atoms with Crippen LogP contribution in [-0.4, -0.2) is 85.4 Å². The predicted octanol–water partition coefficient (Wildman–Crippen LogP) is 3.90. The number of aromatic nitrogens is 1. The Balaban J connectivity index is 1.31. The lowest BCUT2D eigenvalue weighted by Crippen LogP contribution is -2.56. The van der Waals surface area contributed by atoms with E-state index in [1.807, 2.05) is 0 Å². The summed E-state index contributed by atoms with van der Waals surface area (Å²) in [5.41, 5.74) is 1.51. The molecule has 0 bridgehead atoms. The standard InChI is InChI=1S/C30H40N4O4S/c1-32(2)30(24-10-5-4-6-11-24)16-14-29(15-17-30)22-33(28(36)34(29)20-23-8-7-9-23)21-26(35)18-25-12-13-27(19-31-25)39(3,37)38/h4-6,10-13,19,23H,7-9,14-18,20-22H2,1-3H3. The second kappa shape index (κ2) is 10.7. The maximum atomic E-state index is 13.8. The van der Waals surface area contributed by atoms with Crippen molar-refractivity contribution in [2.75, 3.05) is 40.0 Å². The summed E-state index contributed by atoms with van der Waals surface area (Å²) < 4.78 is 23.4. The van der Waals surface area contributed by atoms with Crippen LogP contribution in [0.15, 0.2) is 53.6 Å². The number of carbonyl (C=O) groups is 2. The second-order valence-electron chi connectivity index (χ2n) is 12.0. The van der Waals surface area contributed by atoms with Gasteiger partial charge in [0.25, 0.3) is 0 Å². The summed E-state index contributed by atoms with van der Waals surface area (Å²) in [6.07, 6.45) is 9.76. The van der Waals surface area contributed by atoms with Gasteiger partial charge in [0, 0.05) is 36.8 Å². The zero-order valence-corrected chi connectivity index (χ0v) is 24.1. The fourth-order valence-corrected chi connectivity index (χ4v) is 7.28. The first kappa shape index (κ1) is 27.8. The molecule has 3 fully saturated rings. The maximum Gasteiger partial charge on any atom is 0.321 e. The molecular formula is C30H40N4O4S. The molecule has 0 radical (unpaired) electrons. The van der Waals surface area contributed by atoms with Crippen LogP contribution in [-0.2, 0) is 26.6 Å². The third-order valence-corrected chi connectivity index (χ3v) is 10.5. The third-order valence-electron chi connectivity index (χ3n) is 9.37. The lowest BCUT2D eigenvalue weighted by molar-refractivity contribution is -0.119. The van der Waals surface area contributed by atoms with Crippen molar-refractivity contribution in [1.29, 1.82) is 0 Å². The molecule has 2 saturated carbocycles. The van der Waals surface area contributed by atoms with E-state index in [0.29, 0.717) is 18.2 Å². The van der Waals surface area contributed by atoms with E-state index in [1.165, 1.54) is 37.1 Å². The van der Waals surface area contributed by atoms with Crippen LogP contribution in [0.25, 0.3) is 0 Å². The summed E-state index contributed by atoms with van der Waals surface area (Å²) >= 11 is 0. The van der Waals surface area contributed by atoms with E-state index in [-0.39, 0.29) is 40.8 Å². The van der Waals surface area contributed by atoms with Gasteiger partial charge in [-0.05, 0) is 76.2 Å². The van der Waals surface area contributed by atoms with Crippen molar-refractivity contribution in [2.24, 2.45) is 5.92 Å². The van der Waals surface area contributed by atoms with Gasteiger partial charge in [0.1, 0.15) is 0 Å². The summed E-state index contributed by atoms with van der Waals surface area (Å²) in [5.74, 6) is 0.458. The summed E-state index contributed by atoms with van der Waals surface area (Å²) in [4.78, 5) is 37.3. The average Bonchev–Trinajstić information content (AvgIpc) is 3.11. The minimum atomic E-state index is -3.34. The molecule has 0 N–H and O–H groups in total. The molecule has 39 heavy (non-hydrogen) atoms. The van der Waals surface area contributed by atoms with Crippen LogP contribution in [0.4, 0.5) is 4.79 Å². The van der Waals surface area contributed by atoms with E-state index in [1.54, 1.807) is 11.0 Å². The van der Waals surface area contributed by atoms with E-state index in [9.17, 15) is 18.0 Å². The van der Waals surface area contributed by atoms with Crippen LogP contribution < -0.4 is 0 Å². The Hall–Kier alpha value is -2.78. The number of ketones is 1. The van der Waals surface area contributed by atoms with Crippen LogP contribution in [0.5, 0.6) is 0 Å². The number of hydrogen-bond donors (Lipinski definition) is 0. The summed E-state index contributed by atoms with van der Waals surface area (Å²) in [6.45, 7) is 1.40. The van der Waals surface area contributed by atoms with Crippen molar-refractivity contribution in [3.05, 3.63) is 59.9 Å². The number of pyridine rings is 1. The molecule has 5 rings (SSSR count). The lowest BCUT2D eigenvalue weighted by Gasteiger charge is -2.51. The van der Waals surface area contributed by atoms with Gasteiger partial charge >= 0.3 is 6.03 Å². The Labute approximate surface area is 232 Å². The molecule has 9 heteroatoms. The number of sulfone groups is 1. The number of rotatable bonds is 9. The Morgan fingerprint density at radius 1 is 1.05 bits per heavy atom. The molecule has 2 aliphatic carbocycles. The van der Waals surface area contributed by atoms with Crippen LogP contribution in [0, 0.1) is 5.92 Å². The number of carbonyl (C=O) groups excluding carboxylic acids is 2. The van der Waals surface area contributed by atoms with E-state index in [4.69, 9.17) is 0 Å². The zero-order valence-electron chi connectivity index (χ0n) is 23.3. The fraction of sp³-hybridized carbons (Fsp3) is 0.567. The Bertz CT molecular complexity index is 1300. The number of Topliss-reactive ketones (excluding diaryl/α,β-unsaturated/α-hetero) is 1. The van der Waals surface area contributed by atoms with E-state index in [2.05, 4.69) is 59.2 Å². The molecule has 2 aromatic rings. The smallest absolute Gasteiger partial charge is 0.317 e. The highest BCUT2D eigenvalue weighted by Crippen LogP contribution is 2.49. The fourth-order valence-electron chi connectivity index (χ4n) is 6.72. The van der Waals surface area contributed by atoms with Crippen molar-refractivity contribution in [3.63, 3.8) is 0 Å². The highest BCUT2D eigenvalue weighted by Gasteiger charge is 2.55. The van der Waals surface area contributed by atoms with Gasteiger partial charge in [0.15, 0.2) is 15.6 Å². The number of benzene rings is 1. The first-order chi connectivity index (χ1) is 18.5. The molecule has 1 aromatic carbocycles. The predicted molar refractivity (Wildman–Crippen MR) is 150 cm³/mol. The normalized spacial score (nSPS) is 25.9. The number of urea groups is 1. The second-order valence-corrected chi connectivity index (χ2v) is 14.1. The first-order valence-corrected chi connectivity index (χ1v) is 15.9. The van der Waals surface area contributed by atoms with Gasteiger partial charge in [-0.25, -0.2) is 13.2 Å². The van der Waals surface area contributed by atoms with Crippen LogP contribution >= 0.6 is 0 Å². The maximum absolute atomic E-state index is 13.8. The molecule has 0 unspecified atom stereocenters. The summed E-state index contributed by atoms with van der Waals surface area (Å²) in [6, 6.07) is 13.7. The molecule has 1 saturated heterocycles. The number of amides is 2. The van der Waals surface area contributed by atoms with Gasteiger partial charge < -0.3 is 9.80 Å². The largest absolute Gasteiger partial charge is 0.321 e. The minimum Gasteiger partial charge on any atom is -0.317 e. The lowest BCUT2D eigenvalue weighted by atomic mass is 9.68. The van der Waals surface area contributed by atoms with E-state index in [0.717, 1.165) is 38.5 Å². The van der Waals surface area contributed by atoms with Crippen LogP contribution in [0.1, 0.15) is 56.2 Å². The topological polar surface area (TPSA) is 90.9 Å². The Morgan fingerprint density at radius 2 is 1.74 bits per heavy atom. The highest BCUT2D eigenvalue weighted by molar-refractivity contribution is 7.90. The van der Waals surface area contributed by atoms with Crippen molar-refractivity contribution >= 4 is 21.7 Å². The summed E-state index contributed by atoms with van der Waals surface area (Å²) in [7, 11) is 0.958. The van der Waals surface area contributed by atoms with Gasteiger partial charge in [-0.15, -0.1) is 0 Å². The molecule has 1 spiro atoms. The Kier molecular flexibility index (Phi) is 7.59. The number of hydrogen-bond acceptors (Lipinski definition) is 6. The van der Waals surface area contributed by atoms with Gasteiger partial charge in [0.05, 0.1) is 23.4 Å². The van der Waals surface area contributed by atoms with Crippen molar-refractivity contribution in [2.45, 2.75) is 67.3 Å². The molecule has 3 aliphatic rings. The molecule has 210 valence electrons.